The maximum atomic E-state index is 6.14. The van der Waals surface area contributed by atoms with Gasteiger partial charge in [-0.05, 0) is 38.7 Å². The van der Waals surface area contributed by atoms with Crippen LogP contribution in [0.5, 0.6) is 5.75 Å². The van der Waals surface area contributed by atoms with Crippen LogP contribution in [0.3, 0.4) is 0 Å². The Balaban J connectivity index is 2.78. The molecule has 0 fully saturated rings. The van der Waals surface area contributed by atoms with E-state index in [2.05, 4.69) is 17.3 Å². The predicted octanol–water partition coefficient (Wildman–Crippen LogP) is 2.31. The van der Waals surface area contributed by atoms with Crippen molar-refractivity contribution in [1.82, 2.24) is 10.2 Å². The molecule has 0 heterocycles. The van der Waals surface area contributed by atoms with E-state index in [0.29, 0.717) is 0 Å². The molecule has 0 bridgehead atoms. The first-order valence-corrected chi connectivity index (χ1v) is 6.12. The second-order valence-corrected chi connectivity index (χ2v) is 4.66. The van der Waals surface area contributed by atoms with Crippen LogP contribution in [0.2, 0.25) is 5.02 Å². The van der Waals surface area contributed by atoms with Gasteiger partial charge in [0.15, 0.2) is 0 Å². The van der Waals surface area contributed by atoms with E-state index < -0.39 is 0 Å². The summed E-state index contributed by atoms with van der Waals surface area (Å²) >= 11 is 6.14. The van der Waals surface area contributed by atoms with Crippen molar-refractivity contribution in [2.75, 3.05) is 34.3 Å². The zero-order valence-corrected chi connectivity index (χ0v) is 11.8. The maximum absolute atomic E-state index is 6.14. The van der Waals surface area contributed by atoms with Crippen molar-refractivity contribution >= 4 is 11.6 Å². The smallest absolute Gasteiger partial charge is 0.123 e. The first kappa shape index (κ1) is 14.3. The molecule has 96 valence electrons. The van der Waals surface area contributed by atoms with Crippen molar-refractivity contribution < 1.29 is 4.74 Å². The molecule has 0 aliphatic heterocycles. The summed E-state index contributed by atoms with van der Waals surface area (Å²) in [6.07, 6.45) is 0. The molecule has 0 radical (unpaired) electrons. The summed E-state index contributed by atoms with van der Waals surface area (Å²) in [7, 11) is 5.74. The van der Waals surface area contributed by atoms with E-state index in [0.717, 1.165) is 41.5 Å². The van der Waals surface area contributed by atoms with E-state index in [1.165, 1.54) is 0 Å². The molecule has 0 saturated carbocycles. The first-order valence-electron chi connectivity index (χ1n) is 5.74. The minimum atomic E-state index is 0.794. The van der Waals surface area contributed by atoms with Gasteiger partial charge in [-0.2, -0.15) is 0 Å². The number of benzene rings is 1. The molecule has 0 atom stereocenters. The largest absolute Gasteiger partial charge is 0.496 e. The van der Waals surface area contributed by atoms with Crippen LogP contribution in [0.25, 0.3) is 0 Å². The summed E-state index contributed by atoms with van der Waals surface area (Å²) in [6, 6.07) is 3.98. The predicted molar refractivity (Wildman–Crippen MR) is 73.0 cm³/mol. The fraction of sp³-hybridized carbons (Fsp3) is 0.538. The number of ether oxygens (including phenoxy) is 1. The molecule has 0 aromatic heterocycles. The molecule has 1 aromatic rings. The van der Waals surface area contributed by atoms with Crippen molar-refractivity contribution in [3.63, 3.8) is 0 Å². The van der Waals surface area contributed by atoms with Crippen LogP contribution in [-0.4, -0.2) is 39.2 Å². The average Bonchev–Trinajstić information content (AvgIpc) is 2.31. The Hall–Kier alpha value is -0.770. The molecule has 0 aliphatic rings. The van der Waals surface area contributed by atoms with Gasteiger partial charge in [0.25, 0.3) is 0 Å². The van der Waals surface area contributed by atoms with Gasteiger partial charge in [0.2, 0.25) is 0 Å². The third-order valence-electron chi connectivity index (χ3n) is 2.75. The zero-order valence-electron chi connectivity index (χ0n) is 11.0. The maximum Gasteiger partial charge on any atom is 0.123 e. The Morgan fingerprint density at radius 1 is 1.41 bits per heavy atom. The Morgan fingerprint density at radius 3 is 2.71 bits per heavy atom. The summed E-state index contributed by atoms with van der Waals surface area (Å²) in [4.78, 5) is 2.24. The lowest BCUT2D eigenvalue weighted by Crippen LogP contribution is -2.27. The monoisotopic (exact) mass is 256 g/mol. The van der Waals surface area contributed by atoms with Crippen molar-refractivity contribution in [3.8, 4) is 5.75 Å². The van der Waals surface area contributed by atoms with Gasteiger partial charge in [-0.25, -0.2) is 0 Å². The molecule has 0 spiro atoms. The fourth-order valence-electron chi connectivity index (χ4n) is 1.68. The minimum absolute atomic E-state index is 0.794. The number of nitrogens with zero attached hydrogens (tertiary/aromatic N) is 1. The Labute approximate surface area is 109 Å². The number of methoxy groups -OCH3 is 1. The van der Waals surface area contributed by atoms with Crippen LogP contribution in [0, 0.1) is 6.92 Å². The SMILES string of the molecule is CNCCN(C)Cc1cc(Cl)c(C)cc1OC. The molecule has 3 nitrogen and oxygen atoms in total. The number of halogens is 1. The van der Waals surface area contributed by atoms with E-state index in [1.54, 1.807) is 7.11 Å². The summed E-state index contributed by atoms with van der Waals surface area (Å²) in [5.41, 5.74) is 2.17. The van der Waals surface area contributed by atoms with Gasteiger partial charge in [-0.1, -0.05) is 11.6 Å². The first-order chi connectivity index (χ1) is 8.08. The molecule has 1 rings (SSSR count). The van der Waals surface area contributed by atoms with E-state index in [1.807, 2.05) is 26.1 Å². The van der Waals surface area contributed by atoms with Crippen LogP contribution >= 0.6 is 11.6 Å². The van der Waals surface area contributed by atoms with Gasteiger partial charge >= 0.3 is 0 Å². The summed E-state index contributed by atoms with van der Waals surface area (Å²) in [5, 5.41) is 3.93. The number of nitrogens with one attached hydrogen (secondary N) is 1. The fourth-order valence-corrected chi connectivity index (χ4v) is 1.87. The van der Waals surface area contributed by atoms with Crippen molar-refractivity contribution in [1.29, 1.82) is 0 Å². The standard InChI is InChI=1S/C13H21ClN2O/c1-10-7-13(17-4)11(8-12(10)14)9-16(3)6-5-15-2/h7-8,15H,5-6,9H2,1-4H3. The lowest BCUT2D eigenvalue weighted by atomic mass is 10.1. The second kappa shape index (κ2) is 6.84. The molecular formula is C13H21ClN2O. The lowest BCUT2D eigenvalue weighted by molar-refractivity contribution is 0.318. The highest BCUT2D eigenvalue weighted by Gasteiger charge is 2.09. The van der Waals surface area contributed by atoms with E-state index in [-0.39, 0.29) is 0 Å². The third kappa shape index (κ3) is 4.19. The molecule has 0 amide bonds. The van der Waals surface area contributed by atoms with E-state index >= 15 is 0 Å². The molecule has 0 saturated heterocycles. The quantitative estimate of drug-likeness (QED) is 0.845. The van der Waals surface area contributed by atoms with Crippen LogP contribution in [0.1, 0.15) is 11.1 Å². The van der Waals surface area contributed by atoms with Crippen LogP contribution in [0.4, 0.5) is 0 Å². The van der Waals surface area contributed by atoms with E-state index in [4.69, 9.17) is 16.3 Å². The van der Waals surface area contributed by atoms with Gasteiger partial charge in [0.05, 0.1) is 7.11 Å². The van der Waals surface area contributed by atoms with Crippen molar-refractivity contribution in [2.45, 2.75) is 13.5 Å². The number of hydrogen-bond acceptors (Lipinski definition) is 3. The van der Waals surface area contributed by atoms with Gasteiger partial charge < -0.3 is 15.0 Å². The van der Waals surface area contributed by atoms with Gasteiger partial charge in [-0.15, -0.1) is 0 Å². The molecule has 17 heavy (non-hydrogen) atoms. The molecule has 0 unspecified atom stereocenters. The molecule has 1 aromatic carbocycles. The average molecular weight is 257 g/mol. The number of rotatable bonds is 6. The van der Waals surface area contributed by atoms with E-state index in [9.17, 15) is 0 Å². The van der Waals surface area contributed by atoms with Gasteiger partial charge in [-0.3, -0.25) is 0 Å². The van der Waals surface area contributed by atoms with Crippen molar-refractivity contribution in [3.05, 3.63) is 28.3 Å². The Morgan fingerprint density at radius 2 is 2.12 bits per heavy atom. The highest BCUT2D eigenvalue weighted by Crippen LogP contribution is 2.27. The van der Waals surface area contributed by atoms with Gasteiger partial charge in [0.1, 0.15) is 5.75 Å². The number of hydrogen-bond donors (Lipinski definition) is 1. The normalized spacial score (nSPS) is 10.9. The summed E-state index contributed by atoms with van der Waals surface area (Å²) in [6.45, 7) is 4.79. The second-order valence-electron chi connectivity index (χ2n) is 4.25. The molecule has 4 heteroatoms. The van der Waals surface area contributed by atoms with Crippen molar-refractivity contribution in [2.24, 2.45) is 0 Å². The molecule has 0 aliphatic carbocycles. The van der Waals surface area contributed by atoms with Crippen LogP contribution < -0.4 is 10.1 Å². The summed E-state index contributed by atoms with van der Waals surface area (Å²) in [5.74, 6) is 0.906. The number of aryl methyl sites for hydroxylation is 1. The molecular weight excluding hydrogens is 236 g/mol. The number of likely N-dealkylation sites (N-methyl/N-ethyl adjacent to an activating group) is 2. The van der Waals surface area contributed by atoms with Gasteiger partial charge in [0, 0.05) is 30.2 Å². The lowest BCUT2D eigenvalue weighted by Gasteiger charge is -2.19. The Kier molecular flexibility index (Phi) is 5.75. The third-order valence-corrected chi connectivity index (χ3v) is 3.15. The zero-order chi connectivity index (χ0) is 12.8. The molecule has 1 N–H and O–H groups in total. The topological polar surface area (TPSA) is 24.5 Å². The van der Waals surface area contributed by atoms with Crippen LogP contribution in [-0.2, 0) is 6.54 Å². The highest BCUT2D eigenvalue weighted by molar-refractivity contribution is 6.31. The minimum Gasteiger partial charge on any atom is -0.496 e. The van der Waals surface area contributed by atoms with Crippen LogP contribution in [0.15, 0.2) is 12.1 Å². The summed E-state index contributed by atoms with van der Waals surface area (Å²) < 4.78 is 5.39. The highest BCUT2D eigenvalue weighted by atomic mass is 35.5. The Bertz CT molecular complexity index is 369.